The molecule has 54 heavy (non-hydrogen) atoms. The number of likely N-dealkylation sites (tertiary alicyclic amines) is 1. The van der Waals surface area contributed by atoms with Crippen molar-refractivity contribution < 1.29 is 59.3 Å². The Balaban J connectivity index is 1.34. The van der Waals surface area contributed by atoms with Crippen molar-refractivity contribution in [2.45, 2.75) is 55.7 Å². The number of hydrogen-bond donors (Lipinski definition) is 2. The van der Waals surface area contributed by atoms with E-state index in [2.05, 4.69) is 9.97 Å². The number of halogens is 8. The van der Waals surface area contributed by atoms with Crippen LogP contribution in [0.15, 0.2) is 54.1 Å². The number of nitrogens with zero attached hydrogens (tertiary/aromatic N) is 4. The van der Waals surface area contributed by atoms with Gasteiger partial charge >= 0.3 is 12.4 Å². The molecule has 18 heteroatoms. The van der Waals surface area contributed by atoms with E-state index in [0.717, 1.165) is 0 Å². The lowest BCUT2D eigenvalue weighted by Crippen LogP contribution is -2.68. The molecular formula is C36H33F8N5O5. The lowest BCUT2D eigenvalue weighted by Gasteiger charge is -2.53. The minimum Gasteiger partial charge on any atom is -0.505 e. The molecule has 0 bridgehead atoms. The van der Waals surface area contributed by atoms with Crippen molar-refractivity contribution in [2.75, 3.05) is 40.5 Å². The molecule has 2 aromatic carbocycles. The number of alkyl halides is 6. The Morgan fingerprint density at radius 2 is 1.74 bits per heavy atom. The molecule has 2 saturated heterocycles. The fraction of sp³-hybridized carbons (Fsp3) is 0.417. The van der Waals surface area contributed by atoms with Gasteiger partial charge in [-0.1, -0.05) is 12.1 Å². The average molecular weight is 768 g/mol. The second-order valence-corrected chi connectivity index (χ2v) is 13.4. The van der Waals surface area contributed by atoms with Crippen molar-refractivity contribution in [3.63, 3.8) is 0 Å². The maximum atomic E-state index is 15.5. The van der Waals surface area contributed by atoms with Crippen LogP contribution in [0, 0.1) is 17.0 Å². The molecule has 0 amide bonds. The number of likely N-dealkylation sites (N-methyl/N-ethyl adjacent to an activating group) is 2. The van der Waals surface area contributed by atoms with Crippen LogP contribution in [0.2, 0.25) is 0 Å². The van der Waals surface area contributed by atoms with Gasteiger partial charge in [0.25, 0.3) is 0 Å². The van der Waals surface area contributed by atoms with Crippen LogP contribution in [0.25, 0.3) is 11.3 Å². The van der Waals surface area contributed by atoms with E-state index in [1.165, 1.54) is 24.1 Å². The second kappa shape index (κ2) is 14.4. The van der Waals surface area contributed by atoms with Gasteiger partial charge in [-0.2, -0.15) is 30.7 Å². The van der Waals surface area contributed by atoms with Crippen molar-refractivity contribution in [2.24, 2.45) is 0 Å². The van der Waals surface area contributed by atoms with Gasteiger partial charge in [-0.3, -0.25) is 24.8 Å². The minimum absolute atomic E-state index is 0.0396. The molecular weight excluding hydrogens is 734 g/mol. The molecule has 2 aliphatic heterocycles. The number of aromatic nitrogens is 2. The largest absolute Gasteiger partial charge is 0.505 e. The number of nitrogens with one attached hydrogen (secondary N) is 1. The van der Waals surface area contributed by atoms with Crippen LogP contribution in [0.3, 0.4) is 0 Å². The zero-order valence-electron chi connectivity index (χ0n) is 28.7. The number of carbonyl (C=O) groups excluding carboxylic acids is 2. The van der Waals surface area contributed by atoms with Crippen LogP contribution in [-0.2, 0) is 33.1 Å². The third-order valence-electron chi connectivity index (χ3n) is 10.3. The molecule has 3 aliphatic rings. The first kappa shape index (κ1) is 38.9. The monoisotopic (exact) mass is 767 g/mol. The third kappa shape index (κ3) is 7.09. The molecule has 1 spiro atoms. The second-order valence-electron chi connectivity index (χ2n) is 13.4. The standard InChI is InChI=1S/C36H33F8N5O5/c1-48(20-15-53-16-20)10-11-54-25-7-4-18(28(37)29(25)38)12-24-31(50)27(33(52)34(49(24)2)8-3-9-34)32(51)30(45)21-6-5-19(35(39,40)41)13-22(21)23-14-26(36(42,43)44)47-17-46-23/h4-7,13-14,17,20,24,45,51H,3,8-12,15-16H2,1-2H3. The molecule has 6 rings (SSSR count). The van der Waals surface area contributed by atoms with Crippen molar-refractivity contribution in [1.29, 1.82) is 5.41 Å². The normalized spacial score (nSPS) is 20.2. The summed E-state index contributed by atoms with van der Waals surface area (Å²) in [6.45, 7) is 1.55. The molecule has 1 aliphatic carbocycles. The van der Waals surface area contributed by atoms with Gasteiger partial charge in [-0.25, -0.2) is 14.4 Å². The molecule has 288 valence electrons. The number of ketones is 2. The average Bonchev–Trinajstić information content (AvgIpc) is 3.06. The van der Waals surface area contributed by atoms with Crippen LogP contribution in [-0.4, -0.2) is 100 Å². The van der Waals surface area contributed by atoms with Gasteiger partial charge < -0.3 is 14.6 Å². The molecule has 2 N–H and O–H groups in total. The Morgan fingerprint density at radius 1 is 1.04 bits per heavy atom. The van der Waals surface area contributed by atoms with Crippen LogP contribution in [0.1, 0.15) is 41.6 Å². The molecule has 3 aromatic rings. The number of piperidine rings is 1. The van der Waals surface area contributed by atoms with Crippen LogP contribution in [0.4, 0.5) is 35.1 Å². The molecule has 3 fully saturated rings. The first-order valence-electron chi connectivity index (χ1n) is 16.7. The summed E-state index contributed by atoms with van der Waals surface area (Å²) < 4.78 is 123. The van der Waals surface area contributed by atoms with Gasteiger partial charge in [-0.05, 0) is 69.6 Å². The molecule has 1 saturated carbocycles. The number of hydrogen-bond acceptors (Lipinski definition) is 10. The van der Waals surface area contributed by atoms with E-state index in [1.54, 1.807) is 0 Å². The summed E-state index contributed by atoms with van der Waals surface area (Å²) in [6, 6.07) is 3.23. The first-order chi connectivity index (χ1) is 25.3. The highest BCUT2D eigenvalue weighted by atomic mass is 19.4. The predicted molar refractivity (Wildman–Crippen MR) is 175 cm³/mol. The summed E-state index contributed by atoms with van der Waals surface area (Å²) in [7, 11) is 3.28. The Bertz CT molecular complexity index is 2030. The molecule has 3 heterocycles. The number of Topliss-reactive ketones (excluding diaryl/α,β-unsaturated/α-hetero) is 2. The van der Waals surface area contributed by atoms with Crippen LogP contribution >= 0.6 is 0 Å². The first-order valence-corrected chi connectivity index (χ1v) is 16.7. The molecule has 0 radical (unpaired) electrons. The highest BCUT2D eigenvalue weighted by Crippen LogP contribution is 2.46. The summed E-state index contributed by atoms with van der Waals surface area (Å²) in [5.41, 5.74) is -8.40. The van der Waals surface area contributed by atoms with Gasteiger partial charge in [0.1, 0.15) is 29.9 Å². The van der Waals surface area contributed by atoms with Crippen LogP contribution in [0.5, 0.6) is 5.75 Å². The van der Waals surface area contributed by atoms with Crippen molar-refractivity contribution in [1.82, 2.24) is 19.8 Å². The van der Waals surface area contributed by atoms with Gasteiger partial charge in [-0.15, -0.1) is 0 Å². The predicted octanol–water partition coefficient (Wildman–Crippen LogP) is 5.97. The topological polar surface area (TPSA) is 129 Å². The Morgan fingerprint density at radius 3 is 2.33 bits per heavy atom. The zero-order chi connectivity index (χ0) is 39.3. The van der Waals surface area contributed by atoms with Crippen molar-refractivity contribution in [3.8, 4) is 17.0 Å². The number of rotatable bonds is 10. The number of allylic oxidation sites excluding steroid dienone is 1. The van der Waals surface area contributed by atoms with E-state index in [4.69, 9.17) is 14.9 Å². The summed E-state index contributed by atoms with van der Waals surface area (Å²) >= 11 is 0. The lowest BCUT2D eigenvalue weighted by atomic mass is 9.65. The van der Waals surface area contributed by atoms with Gasteiger partial charge in [0.2, 0.25) is 5.82 Å². The van der Waals surface area contributed by atoms with Gasteiger partial charge in [0, 0.05) is 17.7 Å². The molecule has 1 unspecified atom stereocenters. The van der Waals surface area contributed by atoms with E-state index in [0.29, 0.717) is 56.8 Å². The van der Waals surface area contributed by atoms with Crippen molar-refractivity contribution in [3.05, 3.63) is 88.1 Å². The Labute approximate surface area is 302 Å². The SMILES string of the molecule is CN(CCOc1ccc(CC2C(=O)C(=C(O)C(=N)c3ccc(C(F)(F)F)cc3-c3cc(C(F)(F)F)ncn3)C(=O)C3(CCC3)N2C)c(F)c1F)C1COC1. The summed E-state index contributed by atoms with van der Waals surface area (Å²) in [5.74, 6) is -6.23. The van der Waals surface area contributed by atoms with Crippen molar-refractivity contribution >= 4 is 17.3 Å². The summed E-state index contributed by atoms with van der Waals surface area (Å²) in [6.07, 6.45) is -9.14. The third-order valence-corrected chi connectivity index (χ3v) is 10.3. The highest BCUT2D eigenvalue weighted by Gasteiger charge is 2.58. The minimum atomic E-state index is -5.02. The molecule has 1 atom stereocenters. The Kier molecular flexibility index (Phi) is 10.4. The summed E-state index contributed by atoms with van der Waals surface area (Å²) in [5, 5.41) is 20.2. The number of aliphatic hydroxyl groups excluding tert-OH is 1. The summed E-state index contributed by atoms with van der Waals surface area (Å²) in [4.78, 5) is 38.2. The Hall–Kier alpha value is -4.81. The molecule has 1 aromatic heterocycles. The van der Waals surface area contributed by atoms with E-state index in [1.807, 2.05) is 11.9 Å². The number of benzene rings is 2. The number of ether oxygens (including phenoxy) is 2. The smallest absolute Gasteiger partial charge is 0.433 e. The number of carbonyl (C=O) groups is 2. The zero-order valence-corrected chi connectivity index (χ0v) is 28.7. The fourth-order valence-corrected chi connectivity index (χ4v) is 6.76. The van der Waals surface area contributed by atoms with Gasteiger partial charge in [0.15, 0.2) is 28.9 Å². The molecule has 10 nitrogen and oxygen atoms in total. The maximum Gasteiger partial charge on any atom is 0.433 e. The quantitative estimate of drug-likeness (QED) is 0.0844. The van der Waals surface area contributed by atoms with E-state index >= 15 is 8.78 Å². The fourth-order valence-electron chi connectivity index (χ4n) is 6.76. The van der Waals surface area contributed by atoms with E-state index < -0.39 is 98.7 Å². The maximum absolute atomic E-state index is 15.5. The van der Waals surface area contributed by atoms with E-state index in [-0.39, 0.29) is 36.8 Å². The number of aliphatic hydroxyl groups is 1. The van der Waals surface area contributed by atoms with Crippen LogP contribution < -0.4 is 4.74 Å². The highest BCUT2D eigenvalue weighted by molar-refractivity contribution is 6.31. The van der Waals surface area contributed by atoms with E-state index in [9.17, 15) is 41.0 Å². The van der Waals surface area contributed by atoms with Gasteiger partial charge in [0.05, 0.1) is 42.1 Å². The lowest BCUT2D eigenvalue weighted by molar-refractivity contribution is -0.146.